The molecule has 4 saturated carbocycles. The summed E-state index contributed by atoms with van der Waals surface area (Å²) in [5.74, 6) is 3.67. The Morgan fingerprint density at radius 2 is 1.50 bits per heavy atom. The SMILES string of the molecule is Cc1ccc(S(=O)(=O)OCC2C3CC4CC(C3)CC2C4)cc1. The zero-order valence-corrected chi connectivity index (χ0v) is 13.9. The number of aryl methyl sites for hydroxylation is 1. The van der Waals surface area contributed by atoms with Gasteiger partial charge in [0.05, 0.1) is 11.5 Å². The highest BCUT2D eigenvalue weighted by Gasteiger charge is 2.48. The molecule has 0 atom stereocenters. The zero-order chi connectivity index (χ0) is 15.3. The van der Waals surface area contributed by atoms with Gasteiger partial charge in [-0.15, -0.1) is 0 Å². The van der Waals surface area contributed by atoms with Crippen LogP contribution in [0.2, 0.25) is 0 Å². The average Bonchev–Trinajstić information content (AvgIpc) is 2.46. The number of hydrogen-bond donors (Lipinski definition) is 0. The van der Waals surface area contributed by atoms with Gasteiger partial charge >= 0.3 is 0 Å². The normalized spacial score (nSPS) is 36.7. The van der Waals surface area contributed by atoms with Crippen LogP contribution < -0.4 is 0 Å². The molecule has 4 bridgehead atoms. The first-order chi connectivity index (χ1) is 10.5. The fraction of sp³-hybridized carbons (Fsp3) is 0.667. The van der Waals surface area contributed by atoms with Crippen molar-refractivity contribution in [3.63, 3.8) is 0 Å². The van der Waals surface area contributed by atoms with Crippen molar-refractivity contribution in [1.29, 1.82) is 0 Å². The van der Waals surface area contributed by atoms with Crippen molar-refractivity contribution in [3.8, 4) is 0 Å². The molecule has 0 heterocycles. The minimum absolute atomic E-state index is 0.280. The first kappa shape index (κ1) is 14.7. The van der Waals surface area contributed by atoms with E-state index in [0.29, 0.717) is 24.4 Å². The summed E-state index contributed by atoms with van der Waals surface area (Å²) in [6.45, 7) is 2.33. The predicted octanol–water partition coefficient (Wildman–Crippen LogP) is 3.77. The molecule has 1 aromatic carbocycles. The fourth-order valence-electron chi connectivity index (χ4n) is 5.25. The van der Waals surface area contributed by atoms with Gasteiger partial charge in [-0.3, -0.25) is 4.18 Å². The van der Waals surface area contributed by atoms with Gasteiger partial charge in [0.2, 0.25) is 0 Å². The van der Waals surface area contributed by atoms with Crippen LogP contribution in [0.3, 0.4) is 0 Å². The summed E-state index contributed by atoms with van der Waals surface area (Å²) >= 11 is 0. The van der Waals surface area contributed by atoms with E-state index in [9.17, 15) is 8.42 Å². The average molecular weight is 320 g/mol. The van der Waals surface area contributed by atoms with Gasteiger partial charge in [0.25, 0.3) is 10.1 Å². The maximum absolute atomic E-state index is 12.4. The minimum atomic E-state index is -3.61. The summed E-state index contributed by atoms with van der Waals surface area (Å²) in [5, 5.41) is 0. The summed E-state index contributed by atoms with van der Waals surface area (Å²) in [7, 11) is -3.61. The van der Waals surface area contributed by atoms with E-state index in [1.165, 1.54) is 32.1 Å². The highest BCUT2D eigenvalue weighted by Crippen LogP contribution is 2.56. The third-order valence-electron chi connectivity index (χ3n) is 6.15. The first-order valence-corrected chi connectivity index (χ1v) is 9.88. The smallest absolute Gasteiger partial charge is 0.266 e. The third kappa shape index (κ3) is 2.61. The van der Waals surface area contributed by atoms with Gasteiger partial charge in [0, 0.05) is 0 Å². The molecule has 120 valence electrons. The van der Waals surface area contributed by atoms with Gasteiger partial charge in [-0.1, -0.05) is 17.7 Å². The Bertz CT molecular complexity index is 619. The highest BCUT2D eigenvalue weighted by atomic mass is 32.2. The quantitative estimate of drug-likeness (QED) is 0.793. The second-order valence-corrected chi connectivity index (χ2v) is 9.26. The molecular formula is C18H24O3S. The molecule has 0 radical (unpaired) electrons. The molecule has 0 aliphatic heterocycles. The minimum Gasteiger partial charge on any atom is -0.266 e. The van der Waals surface area contributed by atoms with Crippen LogP contribution in [-0.2, 0) is 14.3 Å². The monoisotopic (exact) mass is 320 g/mol. The third-order valence-corrected chi connectivity index (χ3v) is 7.44. The Kier molecular flexibility index (Phi) is 3.57. The van der Waals surface area contributed by atoms with Gasteiger partial charge in [0.15, 0.2) is 0 Å². The highest BCUT2D eigenvalue weighted by molar-refractivity contribution is 7.86. The molecular weight excluding hydrogens is 296 g/mol. The zero-order valence-electron chi connectivity index (χ0n) is 13.1. The topological polar surface area (TPSA) is 43.4 Å². The van der Waals surface area contributed by atoms with Crippen molar-refractivity contribution in [1.82, 2.24) is 0 Å². The summed E-state index contributed by atoms with van der Waals surface area (Å²) in [6, 6.07) is 6.92. The molecule has 4 aliphatic rings. The molecule has 0 unspecified atom stereocenters. The van der Waals surface area contributed by atoms with Crippen LogP contribution in [-0.4, -0.2) is 15.0 Å². The molecule has 0 amide bonds. The van der Waals surface area contributed by atoms with Crippen molar-refractivity contribution in [2.75, 3.05) is 6.61 Å². The molecule has 1 aromatic rings. The standard InChI is InChI=1S/C18H24O3S/c1-12-2-4-17(5-3-12)22(19,20)21-11-18-15-7-13-6-14(9-15)10-16(18)8-13/h2-5,13-16,18H,6-11H2,1H3. The van der Waals surface area contributed by atoms with Crippen LogP contribution in [0, 0.1) is 36.5 Å². The van der Waals surface area contributed by atoms with E-state index < -0.39 is 10.1 Å². The molecule has 0 aromatic heterocycles. The Balaban J connectivity index is 1.45. The lowest BCUT2D eigenvalue weighted by Gasteiger charge is -2.54. The molecule has 0 saturated heterocycles. The summed E-state index contributed by atoms with van der Waals surface area (Å²) < 4.78 is 30.2. The van der Waals surface area contributed by atoms with Gasteiger partial charge in [-0.2, -0.15) is 8.42 Å². The Morgan fingerprint density at radius 3 is 2.05 bits per heavy atom. The summed E-state index contributed by atoms with van der Waals surface area (Å²) in [4.78, 5) is 0.280. The second-order valence-electron chi connectivity index (χ2n) is 7.65. The van der Waals surface area contributed by atoms with Crippen LogP contribution in [0.4, 0.5) is 0 Å². The van der Waals surface area contributed by atoms with Crippen molar-refractivity contribution < 1.29 is 12.6 Å². The number of hydrogen-bond acceptors (Lipinski definition) is 3. The van der Waals surface area contributed by atoms with Gasteiger partial charge < -0.3 is 0 Å². The first-order valence-electron chi connectivity index (χ1n) is 8.47. The van der Waals surface area contributed by atoms with Crippen molar-refractivity contribution in [2.24, 2.45) is 29.6 Å². The Labute approximate surface area is 133 Å². The maximum Gasteiger partial charge on any atom is 0.296 e. The van der Waals surface area contributed by atoms with Gasteiger partial charge in [-0.05, 0) is 80.8 Å². The van der Waals surface area contributed by atoms with Crippen LogP contribution in [0.5, 0.6) is 0 Å². The molecule has 0 N–H and O–H groups in total. The molecule has 4 aliphatic carbocycles. The lowest BCUT2D eigenvalue weighted by atomic mass is 9.52. The van der Waals surface area contributed by atoms with Crippen LogP contribution in [0.15, 0.2) is 29.2 Å². The van der Waals surface area contributed by atoms with E-state index in [1.54, 1.807) is 12.1 Å². The van der Waals surface area contributed by atoms with Crippen LogP contribution in [0.1, 0.15) is 37.7 Å². The van der Waals surface area contributed by atoms with E-state index in [2.05, 4.69) is 0 Å². The number of rotatable bonds is 4. The van der Waals surface area contributed by atoms with Crippen molar-refractivity contribution in [3.05, 3.63) is 29.8 Å². The van der Waals surface area contributed by atoms with E-state index in [0.717, 1.165) is 17.4 Å². The molecule has 5 rings (SSSR count). The fourth-order valence-corrected chi connectivity index (χ4v) is 6.19. The van der Waals surface area contributed by atoms with Crippen LogP contribution >= 0.6 is 0 Å². The van der Waals surface area contributed by atoms with E-state index in [-0.39, 0.29) is 4.90 Å². The molecule has 0 spiro atoms. The number of benzene rings is 1. The van der Waals surface area contributed by atoms with E-state index >= 15 is 0 Å². The second kappa shape index (κ2) is 5.34. The lowest BCUT2D eigenvalue weighted by Crippen LogP contribution is -2.46. The van der Waals surface area contributed by atoms with Crippen LogP contribution in [0.25, 0.3) is 0 Å². The predicted molar refractivity (Wildman–Crippen MR) is 84.9 cm³/mol. The van der Waals surface area contributed by atoms with Gasteiger partial charge in [-0.25, -0.2) is 0 Å². The Morgan fingerprint density at radius 1 is 0.955 bits per heavy atom. The van der Waals surface area contributed by atoms with E-state index in [1.807, 2.05) is 19.1 Å². The molecule has 3 nitrogen and oxygen atoms in total. The lowest BCUT2D eigenvalue weighted by molar-refractivity contribution is -0.0520. The van der Waals surface area contributed by atoms with Crippen molar-refractivity contribution >= 4 is 10.1 Å². The van der Waals surface area contributed by atoms with Crippen molar-refractivity contribution in [2.45, 2.75) is 43.9 Å². The maximum atomic E-state index is 12.4. The molecule has 4 fully saturated rings. The largest absolute Gasteiger partial charge is 0.296 e. The van der Waals surface area contributed by atoms with Gasteiger partial charge in [0.1, 0.15) is 0 Å². The molecule has 22 heavy (non-hydrogen) atoms. The Hall–Kier alpha value is -0.870. The summed E-state index contributed by atoms with van der Waals surface area (Å²) in [5.41, 5.74) is 1.06. The van der Waals surface area contributed by atoms with E-state index in [4.69, 9.17) is 4.18 Å². The summed E-state index contributed by atoms with van der Waals surface area (Å²) in [6.07, 6.45) is 6.61. The molecule has 4 heteroatoms.